The Kier molecular flexibility index (Phi) is 42.9. The van der Waals surface area contributed by atoms with Gasteiger partial charge in [0.1, 0.15) is 42.9 Å². The predicted octanol–water partition coefficient (Wildman–Crippen LogP) is -2.77. The van der Waals surface area contributed by atoms with Gasteiger partial charge in [-0.1, -0.05) is 6.92 Å². The summed E-state index contributed by atoms with van der Waals surface area (Å²) in [5.74, 6) is -1.16. The molecule has 1 unspecified atom stereocenters. The van der Waals surface area contributed by atoms with Crippen LogP contribution in [0.3, 0.4) is 0 Å². The summed E-state index contributed by atoms with van der Waals surface area (Å²) < 4.78 is 122. The first kappa shape index (κ1) is 74.5. The number of nitrogens with zero attached hydrogens (tertiary/aromatic N) is 2. The number of hydrogen-bond donors (Lipinski definition) is 9. The fraction of sp³-hybridized carbons (Fsp3) is 0.865. The molecule has 0 spiro atoms. The van der Waals surface area contributed by atoms with Gasteiger partial charge < -0.3 is 118 Å². The number of nitrogens with one attached hydrogen (secondary N) is 5. The zero-order valence-electron chi connectivity index (χ0n) is 48.2. The van der Waals surface area contributed by atoms with Crippen molar-refractivity contribution >= 4 is 23.5 Å². The number of ether oxygens (including phenoxy) is 15. The summed E-state index contributed by atoms with van der Waals surface area (Å²) in [6, 6.07) is -1.55. The van der Waals surface area contributed by atoms with Crippen molar-refractivity contribution in [2.24, 2.45) is 0 Å². The minimum Gasteiger partial charge on any atom is -0.390 e. The van der Waals surface area contributed by atoms with Crippen molar-refractivity contribution in [2.45, 2.75) is 81.1 Å². The zero-order chi connectivity index (χ0) is 60.7. The lowest BCUT2D eigenvalue weighted by Gasteiger charge is -2.38. The van der Waals surface area contributed by atoms with Gasteiger partial charge in [0.05, 0.1) is 202 Å². The van der Waals surface area contributed by atoms with Crippen LogP contribution >= 0.6 is 0 Å². The molecule has 0 bridgehead atoms. The third kappa shape index (κ3) is 37.1. The van der Waals surface area contributed by atoms with Crippen molar-refractivity contribution in [3.63, 3.8) is 0 Å². The van der Waals surface area contributed by atoms with Crippen LogP contribution in [0.5, 0.6) is 0 Å². The molecule has 1 aromatic rings. The average molecular weight is 1220 g/mol. The quantitative estimate of drug-likeness (QED) is 0.0298. The molecule has 3 amide bonds. The Morgan fingerprint density at radius 2 is 1.04 bits per heavy atom. The van der Waals surface area contributed by atoms with Crippen LogP contribution in [0, 0.1) is 0 Å². The highest BCUT2D eigenvalue weighted by Crippen LogP contribution is 2.28. The summed E-state index contributed by atoms with van der Waals surface area (Å²) in [5.41, 5.74) is -1.20. The first-order valence-corrected chi connectivity index (χ1v) is 28.4. The van der Waals surface area contributed by atoms with Gasteiger partial charge in [0.15, 0.2) is 5.69 Å². The molecule has 2 aliphatic heterocycles. The topological polar surface area (TPSA) is 357 Å². The maximum absolute atomic E-state index is 13.0. The average Bonchev–Trinajstić information content (AvgIpc) is 3.49. The summed E-state index contributed by atoms with van der Waals surface area (Å²) in [6.45, 7) is 10.4. The van der Waals surface area contributed by atoms with E-state index in [-0.39, 0.29) is 162 Å². The second-order valence-corrected chi connectivity index (χ2v) is 18.7. The van der Waals surface area contributed by atoms with Gasteiger partial charge in [-0.2, -0.15) is 13.2 Å². The lowest BCUT2D eigenvalue weighted by molar-refractivity contribution is -0.161. The maximum Gasteiger partial charge on any atom is 0.434 e. The molecule has 29 nitrogen and oxygen atoms in total. The summed E-state index contributed by atoms with van der Waals surface area (Å²) >= 11 is 0. The van der Waals surface area contributed by atoms with Crippen LogP contribution in [0.4, 0.5) is 19.0 Å². The third-order valence-electron chi connectivity index (χ3n) is 11.9. The largest absolute Gasteiger partial charge is 0.434 e. The number of likely N-dealkylation sites (N-methyl/N-ethyl adjacent to an activating group) is 1. The molecule has 2 fully saturated rings. The van der Waals surface area contributed by atoms with Crippen LogP contribution in [0.1, 0.15) is 31.9 Å². The number of carbonyl (C=O) groups is 3. The van der Waals surface area contributed by atoms with Crippen LogP contribution in [-0.2, 0) is 91.6 Å². The molecule has 488 valence electrons. The monoisotopic (exact) mass is 1220 g/mol. The molecule has 3 heterocycles. The molecule has 0 saturated carbocycles. The number of halogens is 3. The molecular formula is C52H92F3N7O22. The van der Waals surface area contributed by atoms with E-state index in [0.717, 1.165) is 19.3 Å². The van der Waals surface area contributed by atoms with Gasteiger partial charge in [0.2, 0.25) is 17.7 Å². The van der Waals surface area contributed by atoms with Crippen LogP contribution in [0.2, 0.25) is 0 Å². The third-order valence-corrected chi connectivity index (χ3v) is 11.9. The highest BCUT2D eigenvalue weighted by molar-refractivity contribution is 5.77. The van der Waals surface area contributed by atoms with Gasteiger partial charge in [-0.3, -0.25) is 19.4 Å². The zero-order valence-corrected chi connectivity index (χ0v) is 48.2. The van der Waals surface area contributed by atoms with Crippen LogP contribution < -0.4 is 26.6 Å². The number of hydrogen-bond acceptors (Lipinski definition) is 26. The molecule has 32 heteroatoms. The summed E-state index contributed by atoms with van der Waals surface area (Å²) in [4.78, 5) is 44.5. The van der Waals surface area contributed by atoms with E-state index >= 15 is 0 Å². The van der Waals surface area contributed by atoms with Crippen molar-refractivity contribution in [1.29, 1.82) is 0 Å². The number of amides is 3. The van der Waals surface area contributed by atoms with Gasteiger partial charge in [-0.25, -0.2) is 4.98 Å². The van der Waals surface area contributed by atoms with E-state index in [1.807, 2.05) is 6.92 Å². The molecule has 0 radical (unpaired) electrons. The molecule has 84 heavy (non-hydrogen) atoms. The van der Waals surface area contributed by atoms with E-state index in [0.29, 0.717) is 78.7 Å². The number of alkyl halides is 3. The van der Waals surface area contributed by atoms with Crippen LogP contribution in [0.15, 0.2) is 12.4 Å². The molecule has 2 saturated heterocycles. The minimum absolute atomic E-state index is 0.0209. The second-order valence-electron chi connectivity index (χ2n) is 18.7. The van der Waals surface area contributed by atoms with Gasteiger partial charge in [0.25, 0.3) is 0 Å². The van der Waals surface area contributed by atoms with Crippen molar-refractivity contribution in [2.75, 3.05) is 216 Å². The van der Waals surface area contributed by atoms with Gasteiger partial charge in [0, 0.05) is 39.1 Å². The Bertz CT molecular complexity index is 1820. The summed E-state index contributed by atoms with van der Waals surface area (Å²) in [5, 5.41) is 54.7. The van der Waals surface area contributed by atoms with Crippen molar-refractivity contribution in [1.82, 2.24) is 31.2 Å². The Hall–Kier alpha value is -3.72. The number of aliphatic hydroxyl groups excluding tert-OH is 4. The van der Waals surface area contributed by atoms with Crippen molar-refractivity contribution < 1.29 is 119 Å². The smallest absolute Gasteiger partial charge is 0.390 e. The molecule has 0 aliphatic carbocycles. The summed E-state index contributed by atoms with van der Waals surface area (Å²) in [6.07, 6.45) is -8.52. The molecule has 8 atom stereocenters. The lowest BCUT2D eigenvalue weighted by atomic mass is 9.98. The van der Waals surface area contributed by atoms with Crippen molar-refractivity contribution in [3.05, 3.63) is 18.1 Å². The first-order valence-electron chi connectivity index (χ1n) is 28.4. The van der Waals surface area contributed by atoms with E-state index < -0.39 is 66.5 Å². The van der Waals surface area contributed by atoms with E-state index in [2.05, 4.69) is 36.6 Å². The van der Waals surface area contributed by atoms with Crippen molar-refractivity contribution in [3.8, 4) is 0 Å². The molecule has 1 aromatic heterocycles. The molecule has 0 aromatic carbocycles. The number of aliphatic hydroxyl groups is 4. The molecular weight excluding hydrogens is 1130 g/mol. The van der Waals surface area contributed by atoms with Crippen LogP contribution in [0.25, 0.3) is 0 Å². The second kappa shape index (κ2) is 48.3. The SMILES string of the molecule is CCNCCOCCOCCOCC(=O)NC(COCCC(=O)NCCOCCOCCOCCOC[C@H]1OC[C@H](Nc2cncc(C(F)(F)F)n2)[C@@H](O)[C@H]1O)COCCC(=O)NCCOCCOCCOCCOC[C@H]1OCC[C@@H](O)[C@H]1O. The standard InChI is InChI=1S/C52H92F3N7O22/c1-2-56-6-12-70-15-18-75-27-30-82-38-48(66)60-39(33-78-9-4-46(64)58-7-13-71-16-19-73-21-23-76-25-28-80-36-42-50(68)41(63)3-11-83-42)34-79-10-5-47(65)59-8-14-72-17-20-74-22-24-77-26-29-81-37-43-51(69)49(67)40(35-84-43)61-45-32-57-31-44(62-45)52(53,54)55/h31-32,39-43,49-51,56,63,67-69H,2-30,33-38H2,1H3,(H,58,64)(H,59,65)(H,60,66)(H,61,62)/t39?,40-,41+,42+,43+,49+,50+,51-/m0/s1. The Morgan fingerprint density at radius 3 is 1.54 bits per heavy atom. The van der Waals surface area contributed by atoms with E-state index in [9.17, 15) is 48.0 Å². The highest BCUT2D eigenvalue weighted by atomic mass is 19.4. The Morgan fingerprint density at radius 1 is 0.571 bits per heavy atom. The number of carbonyl (C=O) groups excluding carboxylic acids is 3. The Balaban J connectivity index is 1.16. The number of anilines is 1. The van der Waals surface area contributed by atoms with E-state index in [1.54, 1.807) is 0 Å². The highest BCUT2D eigenvalue weighted by Gasteiger charge is 2.39. The summed E-state index contributed by atoms with van der Waals surface area (Å²) in [7, 11) is 0. The van der Waals surface area contributed by atoms with Gasteiger partial charge in [-0.05, 0) is 13.0 Å². The predicted molar refractivity (Wildman–Crippen MR) is 289 cm³/mol. The number of rotatable bonds is 53. The molecule has 3 rings (SSSR count). The normalized spacial score (nSPS) is 20.4. The minimum atomic E-state index is -4.70. The van der Waals surface area contributed by atoms with E-state index in [1.165, 1.54) is 0 Å². The first-order chi connectivity index (χ1) is 40.8. The molecule has 9 N–H and O–H groups in total. The van der Waals surface area contributed by atoms with E-state index in [4.69, 9.17) is 71.1 Å². The fourth-order valence-electron chi connectivity index (χ4n) is 7.45. The lowest BCUT2D eigenvalue weighted by Crippen LogP contribution is -2.57. The van der Waals surface area contributed by atoms with Crippen LogP contribution in [-0.4, -0.2) is 308 Å². The fourth-order valence-corrected chi connectivity index (χ4v) is 7.45. The Labute approximate surface area is 488 Å². The molecule has 2 aliphatic rings. The van der Waals surface area contributed by atoms with Gasteiger partial charge in [-0.15, -0.1) is 0 Å². The number of aromatic nitrogens is 2. The van der Waals surface area contributed by atoms with Gasteiger partial charge >= 0.3 is 6.18 Å². The maximum atomic E-state index is 13.0.